The van der Waals surface area contributed by atoms with E-state index in [0.29, 0.717) is 24.6 Å². The summed E-state index contributed by atoms with van der Waals surface area (Å²) in [5.74, 6) is 1.25. The van der Waals surface area contributed by atoms with Gasteiger partial charge in [0.05, 0.1) is 0 Å². The maximum Gasteiger partial charge on any atom is 0.227 e. The molecule has 0 atom stereocenters. The minimum atomic E-state index is 0.163. The molecule has 1 amide bonds. The van der Waals surface area contributed by atoms with Crippen molar-refractivity contribution in [1.29, 1.82) is 0 Å². The quantitative estimate of drug-likeness (QED) is 0.696. The molecule has 6 heteroatoms. The molecule has 1 aromatic heterocycles. The number of aryl methyl sites for hydroxylation is 1. The first-order chi connectivity index (χ1) is 13.2. The van der Waals surface area contributed by atoms with E-state index < -0.39 is 0 Å². The molecule has 0 unspecified atom stereocenters. The fourth-order valence-electron chi connectivity index (χ4n) is 3.57. The summed E-state index contributed by atoms with van der Waals surface area (Å²) in [6.45, 7) is 6.71. The van der Waals surface area contributed by atoms with Crippen molar-refractivity contribution >= 4 is 16.7 Å². The van der Waals surface area contributed by atoms with Crippen LogP contribution in [0.4, 0.5) is 0 Å². The molecule has 2 heterocycles. The number of piperazine rings is 1. The molecular weight excluding hydrogens is 340 g/mol. The number of benzene rings is 2. The zero-order valence-corrected chi connectivity index (χ0v) is 15.6. The number of hydrogen-bond donors (Lipinski definition) is 0. The number of aromatic nitrogens is 2. The molecule has 0 spiro atoms. The number of likely N-dealkylation sites (N-methyl/N-ethyl adjacent to an activating group) is 1. The Hall–Kier alpha value is -2.73. The van der Waals surface area contributed by atoms with E-state index in [4.69, 9.17) is 4.52 Å². The Balaban J connectivity index is 1.41. The van der Waals surface area contributed by atoms with Crippen LogP contribution in [0.1, 0.15) is 19.2 Å². The van der Waals surface area contributed by atoms with Crippen LogP contribution in [0.15, 0.2) is 47.0 Å². The number of nitrogens with zero attached hydrogens (tertiary/aromatic N) is 4. The molecule has 0 aliphatic carbocycles. The second-order valence-corrected chi connectivity index (χ2v) is 6.85. The third-order valence-corrected chi connectivity index (χ3v) is 5.22. The molecule has 2 aromatic carbocycles. The molecule has 0 bridgehead atoms. The maximum absolute atomic E-state index is 12.4. The number of amides is 1. The largest absolute Gasteiger partial charge is 0.340 e. The lowest BCUT2D eigenvalue weighted by molar-refractivity contribution is -0.132. The van der Waals surface area contributed by atoms with E-state index in [0.717, 1.165) is 49.1 Å². The highest BCUT2D eigenvalue weighted by atomic mass is 16.5. The van der Waals surface area contributed by atoms with Crippen molar-refractivity contribution in [2.45, 2.75) is 19.8 Å². The topological polar surface area (TPSA) is 62.5 Å². The predicted octanol–water partition coefficient (Wildman–Crippen LogP) is 2.99. The average Bonchev–Trinajstić information content (AvgIpc) is 3.20. The molecule has 1 fully saturated rings. The lowest BCUT2D eigenvalue weighted by Gasteiger charge is -2.34. The molecule has 1 aliphatic rings. The predicted molar refractivity (Wildman–Crippen MR) is 104 cm³/mol. The zero-order valence-electron chi connectivity index (χ0n) is 15.6. The van der Waals surface area contributed by atoms with Gasteiger partial charge in [0, 0.05) is 44.6 Å². The van der Waals surface area contributed by atoms with Crippen LogP contribution < -0.4 is 0 Å². The summed E-state index contributed by atoms with van der Waals surface area (Å²) in [5, 5.41) is 6.37. The molecular formula is C21H24N4O2. The van der Waals surface area contributed by atoms with Gasteiger partial charge in [-0.05, 0) is 17.3 Å². The van der Waals surface area contributed by atoms with Gasteiger partial charge in [0.15, 0.2) is 0 Å². The van der Waals surface area contributed by atoms with Gasteiger partial charge in [-0.15, -0.1) is 0 Å². The van der Waals surface area contributed by atoms with Crippen molar-refractivity contribution in [3.63, 3.8) is 0 Å². The first-order valence-electron chi connectivity index (χ1n) is 9.55. The Labute approximate surface area is 158 Å². The highest BCUT2D eigenvalue weighted by Gasteiger charge is 2.21. The Morgan fingerprint density at radius 1 is 1.07 bits per heavy atom. The van der Waals surface area contributed by atoms with Crippen LogP contribution in [0.5, 0.6) is 0 Å². The molecule has 6 nitrogen and oxygen atoms in total. The Kier molecular flexibility index (Phi) is 5.16. The van der Waals surface area contributed by atoms with Gasteiger partial charge in [-0.3, -0.25) is 4.79 Å². The number of carbonyl (C=O) groups excluding carboxylic acids is 1. The van der Waals surface area contributed by atoms with Crippen LogP contribution in [0.3, 0.4) is 0 Å². The molecule has 0 N–H and O–H groups in total. The highest BCUT2D eigenvalue weighted by molar-refractivity contribution is 5.94. The fourth-order valence-corrected chi connectivity index (χ4v) is 3.57. The normalized spacial score (nSPS) is 15.4. The first-order valence-corrected chi connectivity index (χ1v) is 9.55. The second-order valence-electron chi connectivity index (χ2n) is 6.85. The summed E-state index contributed by atoms with van der Waals surface area (Å²) < 4.78 is 5.40. The van der Waals surface area contributed by atoms with Crippen LogP contribution in [-0.2, 0) is 11.2 Å². The van der Waals surface area contributed by atoms with Crippen LogP contribution in [-0.4, -0.2) is 58.6 Å². The summed E-state index contributed by atoms with van der Waals surface area (Å²) >= 11 is 0. The van der Waals surface area contributed by atoms with Crippen molar-refractivity contribution in [3.8, 4) is 11.4 Å². The Bertz CT molecular complexity index is 923. The molecule has 1 aliphatic heterocycles. The third-order valence-electron chi connectivity index (χ3n) is 5.22. The van der Waals surface area contributed by atoms with E-state index >= 15 is 0 Å². The summed E-state index contributed by atoms with van der Waals surface area (Å²) in [7, 11) is 0. The van der Waals surface area contributed by atoms with Gasteiger partial charge in [0.2, 0.25) is 17.6 Å². The smallest absolute Gasteiger partial charge is 0.227 e. The van der Waals surface area contributed by atoms with Gasteiger partial charge in [0.1, 0.15) is 0 Å². The Morgan fingerprint density at radius 2 is 1.85 bits per heavy atom. The van der Waals surface area contributed by atoms with Crippen LogP contribution >= 0.6 is 0 Å². The van der Waals surface area contributed by atoms with Crippen molar-refractivity contribution in [1.82, 2.24) is 19.9 Å². The molecule has 0 radical (unpaired) electrons. The van der Waals surface area contributed by atoms with E-state index in [2.05, 4.69) is 40.2 Å². The number of hydrogen-bond acceptors (Lipinski definition) is 5. The summed E-state index contributed by atoms with van der Waals surface area (Å²) in [5.41, 5.74) is 0.949. The lowest BCUT2D eigenvalue weighted by atomic mass is 10.0. The monoisotopic (exact) mass is 364 g/mol. The lowest BCUT2D eigenvalue weighted by Crippen LogP contribution is -2.48. The van der Waals surface area contributed by atoms with Gasteiger partial charge in [0.25, 0.3) is 0 Å². The van der Waals surface area contributed by atoms with Crippen molar-refractivity contribution in [2.75, 3.05) is 32.7 Å². The molecule has 0 saturated carbocycles. The SMILES string of the molecule is CCN1CCN(C(=O)CCc2nc(-c3cccc4ccccc34)no2)CC1. The van der Waals surface area contributed by atoms with Crippen LogP contribution in [0.25, 0.3) is 22.2 Å². The van der Waals surface area contributed by atoms with E-state index in [9.17, 15) is 4.79 Å². The molecule has 3 aromatic rings. The molecule has 1 saturated heterocycles. The minimum absolute atomic E-state index is 0.163. The van der Waals surface area contributed by atoms with Crippen molar-refractivity contribution in [3.05, 3.63) is 48.4 Å². The molecule has 140 valence electrons. The number of fused-ring (bicyclic) bond motifs is 1. The van der Waals surface area contributed by atoms with E-state index in [1.165, 1.54) is 0 Å². The van der Waals surface area contributed by atoms with E-state index in [1.54, 1.807) is 0 Å². The zero-order chi connectivity index (χ0) is 18.6. The summed E-state index contributed by atoms with van der Waals surface area (Å²) in [6.07, 6.45) is 0.883. The van der Waals surface area contributed by atoms with Crippen molar-refractivity contribution in [2.24, 2.45) is 0 Å². The summed E-state index contributed by atoms with van der Waals surface area (Å²) in [4.78, 5) is 21.2. The number of carbonyl (C=O) groups is 1. The van der Waals surface area contributed by atoms with E-state index in [-0.39, 0.29) is 5.91 Å². The highest BCUT2D eigenvalue weighted by Crippen LogP contribution is 2.26. The van der Waals surface area contributed by atoms with Gasteiger partial charge in [-0.2, -0.15) is 4.98 Å². The minimum Gasteiger partial charge on any atom is -0.340 e. The Morgan fingerprint density at radius 3 is 2.67 bits per heavy atom. The maximum atomic E-state index is 12.4. The standard InChI is InChI=1S/C21H24N4O2/c1-2-24-12-14-25(15-13-24)20(26)11-10-19-22-21(23-27-19)18-9-5-7-16-6-3-4-8-17(16)18/h3-9H,2,10-15H2,1H3. The first kappa shape index (κ1) is 17.7. The van der Waals surface area contributed by atoms with Gasteiger partial charge in [-0.1, -0.05) is 54.5 Å². The van der Waals surface area contributed by atoms with Gasteiger partial charge >= 0.3 is 0 Å². The molecule has 4 rings (SSSR count). The van der Waals surface area contributed by atoms with Crippen molar-refractivity contribution < 1.29 is 9.32 Å². The van der Waals surface area contributed by atoms with Gasteiger partial charge in [-0.25, -0.2) is 0 Å². The average molecular weight is 364 g/mol. The summed E-state index contributed by atoms with van der Waals surface area (Å²) in [6, 6.07) is 14.2. The third kappa shape index (κ3) is 3.85. The fraction of sp³-hybridized carbons (Fsp3) is 0.381. The second kappa shape index (κ2) is 7.88. The van der Waals surface area contributed by atoms with Crippen LogP contribution in [0.2, 0.25) is 0 Å². The molecule has 27 heavy (non-hydrogen) atoms. The van der Waals surface area contributed by atoms with E-state index in [1.807, 2.05) is 29.2 Å². The van der Waals surface area contributed by atoms with Crippen LogP contribution in [0, 0.1) is 0 Å². The van der Waals surface area contributed by atoms with Gasteiger partial charge < -0.3 is 14.3 Å². The number of rotatable bonds is 5.